The number of carbonyl (C=O) groups is 1. The minimum atomic E-state index is -4.33. The molecule has 0 heterocycles. The molecule has 110 valence electrons. The molecule has 4 nitrogen and oxygen atoms in total. The lowest BCUT2D eigenvalue weighted by Crippen LogP contribution is -2.44. The number of hydrogen-bond acceptors (Lipinski definition) is 4. The molecule has 0 aliphatic rings. The molecule has 0 aliphatic carbocycles. The molecule has 20 heavy (non-hydrogen) atoms. The van der Waals surface area contributed by atoms with Gasteiger partial charge in [0.1, 0.15) is 11.7 Å². The molecule has 0 bridgehead atoms. The summed E-state index contributed by atoms with van der Waals surface area (Å²) in [6.07, 6.45) is -2.66. The maximum Gasteiger partial charge on any atom is 0.398 e. The van der Waals surface area contributed by atoms with Crippen LogP contribution in [0.5, 0.6) is 5.75 Å². The van der Waals surface area contributed by atoms with E-state index in [0.29, 0.717) is 12.7 Å². The molecule has 1 N–H and O–H groups in total. The van der Waals surface area contributed by atoms with E-state index < -0.39 is 18.2 Å². The van der Waals surface area contributed by atoms with E-state index in [1.165, 1.54) is 19.1 Å². The summed E-state index contributed by atoms with van der Waals surface area (Å²) in [4.78, 5) is 10.1. The second-order valence-electron chi connectivity index (χ2n) is 3.82. The van der Waals surface area contributed by atoms with Crippen LogP contribution in [0.4, 0.5) is 8.78 Å². The fraction of sp³-hybridized carbons (Fsp3) is 0.250. The SMILES string of the molecule is CC(/C=C/c1cc(I)c(O)c(I)c1)OC(F)(F)C(=O)[O-]. The van der Waals surface area contributed by atoms with Gasteiger partial charge in [-0.3, -0.25) is 0 Å². The van der Waals surface area contributed by atoms with Gasteiger partial charge >= 0.3 is 6.11 Å². The second kappa shape index (κ2) is 6.98. The first-order valence-corrected chi connectivity index (χ1v) is 7.42. The summed E-state index contributed by atoms with van der Waals surface area (Å²) in [6.45, 7) is 1.28. The standard InChI is InChI=1S/C12H10F2I2O4/c1-6(20-12(13,14)11(18)19)2-3-7-4-8(15)10(17)9(16)5-7/h2-6,17H,1H3,(H,18,19)/p-1/b3-2+. The van der Waals surface area contributed by atoms with Gasteiger partial charge in [0.15, 0.2) is 0 Å². The first-order chi connectivity index (χ1) is 9.13. The molecule has 0 saturated heterocycles. The van der Waals surface area contributed by atoms with Crippen LogP contribution >= 0.6 is 45.2 Å². The molecule has 0 radical (unpaired) electrons. The zero-order chi connectivity index (χ0) is 15.5. The molecule has 8 heteroatoms. The van der Waals surface area contributed by atoms with E-state index in [9.17, 15) is 23.8 Å². The minimum Gasteiger partial charge on any atom is -0.542 e. The first-order valence-electron chi connectivity index (χ1n) is 5.27. The Bertz CT molecular complexity index is 523. The van der Waals surface area contributed by atoms with Crippen molar-refractivity contribution < 1.29 is 28.5 Å². The van der Waals surface area contributed by atoms with Gasteiger partial charge in [0.25, 0.3) is 0 Å². The highest BCUT2D eigenvalue weighted by molar-refractivity contribution is 14.1. The Kier molecular flexibility index (Phi) is 6.13. The zero-order valence-corrected chi connectivity index (χ0v) is 14.4. The van der Waals surface area contributed by atoms with Crippen LogP contribution in [-0.2, 0) is 9.53 Å². The lowest BCUT2D eigenvalue weighted by molar-refractivity contribution is -0.365. The van der Waals surface area contributed by atoms with Gasteiger partial charge in [-0.05, 0) is 69.8 Å². The molecule has 0 spiro atoms. The number of carboxylic acid groups (broad SMARTS) is 1. The maximum absolute atomic E-state index is 12.8. The van der Waals surface area contributed by atoms with Crippen LogP contribution in [0.1, 0.15) is 12.5 Å². The number of halogens is 4. The number of rotatable bonds is 5. The minimum absolute atomic E-state index is 0.149. The van der Waals surface area contributed by atoms with Crippen molar-refractivity contribution in [3.05, 3.63) is 30.9 Å². The second-order valence-corrected chi connectivity index (χ2v) is 6.14. The maximum atomic E-state index is 12.8. The van der Waals surface area contributed by atoms with E-state index in [-0.39, 0.29) is 5.75 Å². The van der Waals surface area contributed by atoms with Crippen molar-refractivity contribution in [3.8, 4) is 5.75 Å². The Hall–Kier alpha value is -0.490. The molecule has 1 unspecified atom stereocenters. The average Bonchev–Trinajstić information content (AvgIpc) is 2.32. The summed E-state index contributed by atoms with van der Waals surface area (Å²) < 4.78 is 30.8. The van der Waals surface area contributed by atoms with Crippen LogP contribution in [0.2, 0.25) is 0 Å². The first kappa shape index (κ1) is 17.6. The Morgan fingerprint density at radius 1 is 1.45 bits per heavy atom. The van der Waals surface area contributed by atoms with E-state index in [1.807, 2.05) is 45.2 Å². The van der Waals surface area contributed by atoms with Gasteiger partial charge in [-0.2, -0.15) is 8.78 Å². The quantitative estimate of drug-likeness (QED) is 0.620. The van der Waals surface area contributed by atoms with E-state index in [1.54, 1.807) is 12.1 Å². The summed E-state index contributed by atoms with van der Waals surface area (Å²) in [7, 11) is 0. The van der Waals surface area contributed by atoms with Crippen molar-refractivity contribution in [1.29, 1.82) is 0 Å². The zero-order valence-electron chi connectivity index (χ0n) is 10.1. The predicted octanol–water partition coefficient (Wildman–Crippen LogP) is 2.36. The molecule has 0 aromatic heterocycles. The van der Waals surface area contributed by atoms with Crippen LogP contribution in [0.3, 0.4) is 0 Å². The topological polar surface area (TPSA) is 69.6 Å². The Morgan fingerprint density at radius 2 is 1.95 bits per heavy atom. The van der Waals surface area contributed by atoms with E-state index in [4.69, 9.17) is 0 Å². The lowest BCUT2D eigenvalue weighted by atomic mass is 10.2. The van der Waals surface area contributed by atoms with Gasteiger partial charge in [0, 0.05) is 0 Å². The van der Waals surface area contributed by atoms with Gasteiger partial charge < -0.3 is 19.7 Å². The van der Waals surface area contributed by atoms with Crippen LogP contribution in [-0.4, -0.2) is 23.3 Å². The van der Waals surface area contributed by atoms with E-state index in [2.05, 4.69) is 4.74 Å². The molecule has 0 amide bonds. The number of carboxylic acids is 1. The number of benzene rings is 1. The average molecular weight is 509 g/mol. The molecule has 0 fully saturated rings. The van der Waals surface area contributed by atoms with Crippen molar-refractivity contribution in [3.63, 3.8) is 0 Å². The number of alkyl halides is 2. The summed E-state index contributed by atoms with van der Waals surface area (Å²) in [5, 5.41) is 19.7. The summed E-state index contributed by atoms with van der Waals surface area (Å²) in [5.41, 5.74) is 0.670. The number of phenols is 1. The normalized spacial score (nSPS) is 13.7. The number of phenolic OH excluding ortho intramolecular Hbond substituents is 1. The van der Waals surface area contributed by atoms with E-state index in [0.717, 1.165) is 0 Å². The third-order valence-electron chi connectivity index (χ3n) is 2.17. The number of hydrogen-bond donors (Lipinski definition) is 1. The Morgan fingerprint density at radius 3 is 2.40 bits per heavy atom. The van der Waals surface area contributed by atoms with Crippen LogP contribution in [0.25, 0.3) is 6.08 Å². The molecular weight excluding hydrogens is 500 g/mol. The largest absolute Gasteiger partial charge is 0.542 e. The van der Waals surface area contributed by atoms with Gasteiger partial charge in [-0.1, -0.05) is 12.2 Å². The van der Waals surface area contributed by atoms with Gasteiger partial charge in [-0.25, -0.2) is 0 Å². The molecule has 1 rings (SSSR count). The molecule has 0 saturated carbocycles. The van der Waals surface area contributed by atoms with E-state index >= 15 is 0 Å². The Labute approximate surface area is 141 Å². The number of ether oxygens (including phenoxy) is 1. The van der Waals surface area contributed by atoms with Crippen molar-refractivity contribution in [2.45, 2.75) is 19.1 Å². The molecule has 1 aromatic rings. The van der Waals surface area contributed by atoms with Crippen LogP contribution in [0, 0.1) is 7.14 Å². The highest BCUT2D eigenvalue weighted by Gasteiger charge is 2.33. The van der Waals surface area contributed by atoms with Gasteiger partial charge in [0.05, 0.1) is 13.2 Å². The summed E-state index contributed by atoms with van der Waals surface area (Å²) >= 11 is 3.88. The third-order valence-corrected chi connectivity index (χ3v) is 3.82. The van der Waals surface area contributed by atoms with Crippen LogP contribution < -0.4 is 5.11 Å². The van der Waals surface area contributed by atoms with Crippen molar-refractivity contribution >= 4 is 57.2 Å². The van der Waals surface area contributed by atoms with Crippen molar-refractivity contribution in [2.75, 3.05) is 0 Å². The smallest absolute Gasteiger partial charge is 0.398 e. The van der Waals surface area contributed by atoms with Gasteiger partial charge in [0.2, 0.25) is 0 Å². The highest BCUT2D eigenvalue weighted by atomic mass is 127. The molecule has 1 aromatic carbocycles. The fourth-order valence-corrected chi connectivity index (χ4v) is 3.07. The molecule has 1 atom stereocenters. The Balaban J connectivity index is 2.80. The number of carbonyl (C=O) groups excluding carboxylic acids is 1. The molecular formula is C12H9F2I2O4-. The van der Waals surface area contributed by atoms with Gasteiger partial charge in [-0.15, -0.1) is 0 Å². The van der Waals surface area contributed by atoms with Crippen LogP contribution in [0.15, 0.2) is 18.2 Å². The van der Waals surface area contributed by atoms with Crippen molar-refractivity contribution in [1.82, 2.24) is 0 Å². The highest BCUT2D eigenvalue weighted by Crippen LogP contribution is 2.28. The number of aliphatic carboxylic acids is 1. The summed E-state index contributed by atoms with van der Waals surface area (Å²) in [5.74, 6) is -2.43. The third kappa shape index (κ3) is 4.81. The monoisotopic (exact) mass is 509 g/mol. The molecule has 0 aliphatic heterocycles. The fourth-order valence-electron chi connectivity index (χ4n) is 1.25. The lowest BCUT2D eigenvalue weighted by Gasteiger charge is -2.20. The number of aromatic hydroxyl groups is 1. The summed E-state index contributed by atoms with van der Waals surface area (Å²) in [6, 6.07) is 3.30. The predicted molar refractivity (Wildman–Crippen MR) is 83.1 cm³/mol. The van der Waals surface area contributed by atoms with Crippen molar-refractivity contribution in [2.24, 2.45) is 0 Å².